The first kappa shape index (κ1) is 18.2. The molecule has 0 spiro atoms. The quantitative estimate of drug-likeness (QED) is 0.803. The summed E-state index contributed by atoms with van der Waals surface area (Å²) in [7, 11) is 0. The molecule has 1 saturated heterocycles. The van der Waals surface area contributed by atoms with E-state index >= 15 is 0 Å². The van der Waals surface area contributed by atoms with Gasteiger partial charge in [-0.15, -0.1) is 11.8 Å². The molecule has 130 valence electrons. The van der Waals surface area contributed by atoms with E-state index in [0.717, 1.165) is 0 Å². The number of benzene rings is 1. The minimum atomic E-state index is -2.86. The van der Waals surface area contributed by atoms with Gasteiger partial charge in [-0.2, -0.15) is 0 Å². The molecule has 2 atom stereocenters. The Morgan fingerprint density at radius 1 is 1.29 bits per heavy atom. The van der Waals surface area contributed by atoms with Crippen LogP contribution in [0.2, 0.25) is 0 Å². The number of rotatable bonds is 6. The van der Waals surface area contributed by atoms with E-state index in [1.165, 1.54) is 16.7 Å². The van der Waals surface area contributed by atoms with E-state index in [0.29, 0.717) is 5.56 Å². The first-order chi connectivity index (χ1) is 11.4. The summed E-state index contributed by atoms with van der Waals surface area (Å²) < 4.78 is 24.8. The largest absolute Gasteiger partial charge is 0.480 e. The van der Waals surface area contributed by atoms with Gasteiger partial charge in [0.2, 0.25) is 12.3 Å². The van der Waals surface area contributed by atoms with Crippen molar-refractivity contribution in [3.05, 3.63) is 35.9 Å². The van der Waals surface area contributed by atoms with Crippen LogP contribution in [0.25, 0.3) is 0 Å². The lowest BCUT2D eigenvalue weighted by Crippen LogP contribution is -2.52. The van der Waals surface area contributed by atoms with Gasteiger partial charge in [-0.05, 0) is 12.1 Å². The minimum Gasteiger partial charge on any atom is -0.480 e. The van der Waals surface area contributed by atoms with E-state index in [4.69, 9.17) is 5.11 Å². The number of aliphatic carboxylic acids is 1. The van der Waals surface area contributed by atoms with E-state index in [2.05, 4.69) is 5.32 Å². The molecule has 1 aromatic rings. The number of carbonyl (C=O) groups excluding carboxylic acids is 2. The third kappa shape index (κ3) is 4.44. The molecule has 2 unspecified atom stereocenters. The molecule has 0 aromatic heterocycles. The van der Waals surface area contributed by atoms with Gasteiger partial charge in [-0.25, -0.2) is 13.6 Å². The van der Waals surface area contributed by atoms with Crippen molar-refractivity contribution in [2.45, 2.75) is 24.9 Å². The number of nitrogens with zero attached hydrogens (tertiary/aromatic N) is 1. The summed E-state index contributed by atoms with van der Waals surface area (Å²) >= 11 is 1.34. The van der Waals surface area contributed by atoms with Gasteiger partial charge in [-0.1, -0.05) is 18.2 Å². The maximum absolute atomic E-state index is 12.5. The number of hydrogen-bond acceptors (Lipinski definition) is 4. The van der Waals surface area contributed by atoms with Gasteiger partial charge in [0, 0.05) is 17.7 Å². The lowest BCUT2D eigenvalue weighted by Gasteiger charge is -2.24. The van der Waals surface area contributed by atoms with E-state index in [1.807, 2.05) is 0 Å². The normalized spacial score (nSPS) is 18.5. The molecule has 9 heteroatoms. The Morgan fingerprint density at radius 2 is 1.96 bits per heavy atom. The number of hydrogen-bond donors (Lipinski definition) is 2. The van der Waals surface area contributed by atoms with E-state index in [1.54, 1.807) is 30.3 Å². The predicted molar refractivity (Wildman–Crippen MR) is 83.9 cm³/mol. The maximum atomic E-state index is 12.5. The zero-order valence-corrected chi connectivity index (χ0v) is 13.3. The predicted octanol–water partition coefficient (Wildman–Crippen LogP) is 1.43. The Kier molecular flexibility index (Phi) is 6.13. The lowest BCUT2D eigenvalue weighted by molar-refractivity contribution is -0.143. The van der Waals surface area contributed by atoms with Crippen LogP contribution in [0, 0.1) is 0 Å². The molecular weight excluding hydrogens is 342 g/mol. The van der Waals surface area contributed by atoms with Gasteiger partial charge < -0.3 is 15.3 Å². The molecule has 1 heterocycles. The lowest BCUT2D eigenvalue weighted by atomic mass is 10.1. The number of nitrogens with one attached hydrogen (secondary N) is 1. The van der Waals surface area contributed by atoms with Gasteiger partial charge >= 0.3 is 5.97 Å². The van der Waals surface area contributed by atoms with Crippen LogP contribution in [-0.4, -0.2) is 57.9 Å². The Labute approximate surface area is 141 Å². The van der Waals surface area contributed by atoms with Crippen molar-refractivity contribution in [3.8, 4) is 0 Å². The molecule has 1 aliphatic heterocycles. The van der Waals surface area contributed by atoms with Crippen LogP contribution in [0.1, 0.15) is 16.8 Å². The van der Waals surface area contributed by atoms with Crippen molar-refractivity contribution >= 4 is 29.5 Å². The summed E-state index contributed by atoms with van der Waals surface area (Å²) in [5.74, 6) is -2.07. The van der Waals surface area contributed by atoms with Crippen LogP contribution in [0.4, 0.5) is 8.78 Å². The van der Waals surface area contributed by atoms with Crippen molar-refractivity contribution in [1.82, 2.24) is 10.2 Å². The standard InChI is InChI=1S/C15H16F2N2O4S/c16-12(17)6-10(15(22)23)18-13(20)11-7-24-8-19(11)14(21)9-4-2-1-3-5-9/h1-5,10-12H,6-8H2,(H,18,20)(H,22,23). The Morgan fingerprint density at radius 3 is 2.54 bits per heavy atom. The van der Waals surface area contributed by atoms with Crippen LogP contribution in [0.5, 0.6) is 0 Å². The van der Waals surface area contributed by atoms with Crippen LogP contribution < -0.4 is 5.32 Å². The zero-order valence-electron chi connectivity index (χ0n) is 12.5. The summed E-state index contributed by atoms with van der Waals surface area (Å²) in [6.45, 7) is 0. The summed E-state index contributed by atoms with van der Waals surface area (Å²) in [6, 6.07) is 5.78. The second-order valence-corrected chi connectivity index (χ2v) is 6.18. The summed E-state index contributed by atoms with van der Waals surface area (Å²) in [5, 5.41) is 11.0. The molecule has 0 saturated carbocycles. The van der Waals surface area contributed by atoms with E-state index in [-0.39, 0.29) is 17.5 Å². The van der Waals surface area contributed by atoms with Crippen molar-refractivity contribution in [2.24, 2.45) is 0 Å². The second-order valence-electron chi connectivity index (χ2n) is 5.18. The molecule has 1 fully saturated rings. The average molecular weight is 358 g/mol. The number of halogens is 2. The fourth-order valence-electron chi connectivity index (χ4n) is 2.27. The molecule has 2 rings (SSSR count). The molecule has 6 nitrogen and oxygen atoms in total. The summed E-state index contributed by atoms with van der Waals surface area (Å²) in [5.41, 5.74) is 0.403. The number of carbonyl (C=O) groups is 3. The first-order valence-electron chi connectivity index (χ1n) is 7.15. The summed E-state index contributed by atoms with van der Waals surface area (Å²) in [6.07, 6.45) is -3.83. The molecule has 2 N–H and O–H groups in total. The topological polar surface area (TPSA) is 86.7 Å². The molecular formula is C15H16F2N2O4S. The highest BCUT2D eigenvalue weighted by molar-refractivity contribution is 7.99. The molecule has 0 bridgehead atoms. The fraction of sp³-hybridized carbons (Fsp3) is 0.400. The van der Waals surface area contributed by atoms with Gasteiger partial charge in [-0.3, -0.25) is 9.59 Å². The molecule has 1 aromatic carbocycles. The SMILES string of the molecule is O=C(O)C(CC(F)F)NC(=O)C1CSCN1C(=O)c1ccccc1. The molecule has 0 aliphatic carbocycles. The fourth-order valence-corrected chi connectivity index (χ4v) is 3.43. The number of carboxylic acids is 1. The van der Waals surface area contributed by atoms with Crippen molar-refractivity contribution in [1.29, 1.82) is 0 Å². The molecule has 24 heavy (non-hydrogen) atoms. The number of alkyl halides is 2. The van der Waals surface area contributed by atoms with Gasteiger partial charge in [0.15, 0.2) is 0 Å². The minimum absolute atomic E-state index is 0.276. The number of thioether (sulfide) groups is 1. The third-order valence-electron chi connectivity index (χ3n) is 3.50. The molecule has 1 aliphatic rings. The maximum Gasteiger partial charge on any atom is 0.326 e. The van der Waals surface area contributed by atoms with Crippen molar-refractivity contribution in [2.75, 3.05) is 11.6 Å². The number of carboxylic acid groups (broad SMARTS) is 1. The van der Waals surface area contributed by atoms with E-state index < -0.39 is 36.8 Å². The zero-order chi connectivity index (χ0) is 17.7. The van der Waals surface area contributed by atoms with Gasteiger partial charge in [0.05, 0.1) is 5.88 Å². The Hall–Kier alpha value is -2.16. The van der Waals surface area contributed by atoms with Gasteiger partial charge in [0.25, 0.3) is 5.91 Å². The second kappa shape index (κ2) is 8.09. The first-order valence-corrected chi connectivity index (χ1v) is 8.30. The van der Waals surface area contributed by atoms with Crippen LogP contribution in [0.15, 0.2) is 30.3 Å². The number of amides is 2. The Balaban J connectivity index is 2.07. The van der Waals surface area contributed by atoms with Crippen LogP contribution >= 0.6 is 11.8 Å². The molecule has 0 radical (unpaired) electrons. The van der Waals surface area contributed by atoms with Crippen LogP contribution in [-0.2, 0) is 9.59 Å². The van der Waals surface area contributed by atoms with Crippen LogP contribution in [0.3, 0.4) is 0 Å². The smallest absolute Gasteiger partial charge is 0.326 e. The molecule has 2 amide bonds. The highest BCUT2D eigenvalue weighted by atomic mass is 32.2. The average Bonchev–Trinajstić information content (AvgIpc) is 3.03. The highest BCUT2D eigenvalue weighted by Crippen LogP contribution is 2.23. The van der Waals surface area contributed by atoms with Gasteiger partial charge in [0.1, 0.15) is 12.1 Å². The summed E-state index contributed by atoms with van der Waals surface area (Å²) in [4.78, 5) is 37.0. The monoisotopic (exact) mass is 358 g/mol. The highest BCUT2D eigenvalue weighted by Gasteiger charge is 2.37. The van der Waals surface area contributed by atoms with Crippen molar-refractivity contribution < 1.29 is 28.3 Å². The van der Waals surface area contributed by atoms with Crippen molar-refractivity contribution in [3.63, 3.8) is 0 Å². The third-order valence-corrected chi connectivity index (χ3v) is 4.51. The van der Waals surface area contributed by atoms with E-state index in [9.17, 15) is 23.2 Å². The Bertz CT molecular complexity index is 615.